The van der Waals surface area contributed by atoms with Gasteiger partial charge in [-0.05, 0) is 70.5 Å². The fraction of sp³-hybridized carbons (Fsp3) is 0.714. The minimum atomic E-state index is -0.175. The van der Waals surface area contributed by atoms with Crippen molar-refractivity contribution in [1.29, 1.82) is 0 Å². The van der Waals surface area contributed by atoms with E-state index in [4.69, 9.17) is 9.84 Å². The van der Waals surface area contributed by atoms with Gasteiger partial charge in [0.25, 0.3) is 0 Å². The van der Waals surface area contributed by atoms with Gasteiger partial charge in [-0.3, -0.25) is 9.69 Å². The molecule has 1 heterocycles. The van der Waals surface area contributed by atoms with E-state index in [2.05, 4.69) is 54.2 Å². The number of benzene rings is 1. The highest BCUT2D eigenvalue weighted by Crippen LogP contribution is 2.49. The van der Waals surface area contributed by atoms with E-state index in [1.807, 2.05) is 4.90 Å². The van der Waals surface area contributed by atoms with Crippen molar-refractivity contribution in [3.8, 4) is 0 Å². The maximum Gasteiger partial charge on any atom is 0.321 e. The average Bonchev–Trinajstić information content (AvgIpc) is 3.07. The third kappa shape index (κ3) is 5.57. The molecule has 4 rings (SSSR count). The first-order valence-corrected chi connectivity index (χ1v) is 13.4. The van der Waals surface area contributed by atoms with E-state index in [1.54, 1.807) is 0 Å². The van der Waals surface area contributed by atoms with Crippen LogP contribution in [0.2, 0.25) is 0 Å². The van der Waals surface area contributed by atoms with Crippen molar-refractivity contribution < 1.29 is 19.4 Å². The number of ketones is 1. The molecule has 7 heteroatoms. The Morgan fingerprint density at radius 2 is 1.83 bits per heavy atom. The number of aliphatic hydroxyl groups excluding tert-OH is 1. The summed E-state index contributed by atoms with van der Waals surface area (Å²) in [5, 5.41) is 8.81. The minimum absolute atomic E-state index is 0.00544. The van der Waals surface area contributed by atoms with E-state index in [0.717, 1.165) is 32.2 Å². The molecule has 0 bridgehead atoms. The standard InChI is InChI=1S/C28H43N3O4/c1-29(2)28(24-10-4-3-5-11-24)15-13-27(14-16-28)22-30(21-25(33)12-7-18-35-19-17-32)26(34)31(27)20-23-8-6-9-23/h3-5,10-11,23,32H,6-9,12-22H2,1-2H3. The zero-order valence-corrected chi connectivity index (χ0v) is 21.6. The number of hydrogen-bond donors (Lipinski definition) is 1. The Hall–Kier alpha value is -1.96. The third-order valence-corrected chi connectivity index (χ3v) is 8.75. The summed E-state index contributed by atoms with van der Waals surface area (Å²) in [5.41, 5.74) is 1.16. The van der Waals surface area contributed by atoms with Gasteiger partial charge in [0.1, 0.15) is 0 Å². The molecule has 1 N–H and O–H groups in total. The van der Waals surface area contributed by atoms with Gasteiger partial charge in [-0.2, -0.15) is 0 Å². The first-order valence-electron chi connectivity index (χ1n) is 13.4. The number of nitrogens with zero attached hydrogens (tertiary/aromatic N) is 3. The summed E-state index contributed by atoms with van der Waals surface area (Å²) in [6.07, 6.45) is 8.62. The molecule has 0 radical (unpaired) electrons. The Morgan fingerprint density at radius 3 is 2.43 bits per heavy atom. The van der Waals surface area contributed by atoms with E-state index in [0.29, 0.717) is 38.5 Å². The second-order valence-electron chi connectivity index (χ2n) is 11.0. The fourth-order valence-corrected chi connectivity index (χ4v) is 6.34. The van der Waals surface area contributed by atoms with Crippen LogP contribution in [0.1, 0.15) is 63.4 Å². The Kier molecular flexibility index (Phi) is 8.50. The number of carbonyl (C=O) groups excluding carboxylic acids is 2. The summed E-state index contributed by atoms with van der Waals surface area (Å²) in [6.45, 7) is 2.44. The van der Waals surface area contributed by atoms with Gasteiger partial charge in [0.2, 0.25) is 0 Å². The van der Waals surface area contributed by atoms with Crippen LogP contribution in [0.25, 0.3) is 0 Å². The Labute approximate surface area is 210 Å². The molecule has 2 amide bonds. The van der Waals surface area contributed by atoms with Crippen molar-refractivity contribution >= 4 is 11.8 Å². The highest BCUT2D eigenvalue weighted by atomic mass is 16.5. The van der Waals surface area contributed by atoms with Crippen LogP contribution in [-0.4, -0.2) is 90.7 Å². The summed E-state index contributed by atoms with van der Waals surface area (Å²) in [7, 11) is 4.35. The number of amides is 2. The summed E-state index contributed by atoms with van der Waals surface area (Å²) in [6, 6.07) is 10.8. The van der Waals surface area contributed by atoms with Crippen molar-refractivity contribution in [1.82, 2.24) is 14.7 Å². The van der Waals surface area contributed by atoms with Crippen LogP contribution < -0.4 is 0 Å². The van der Waals surface area contributed by atoms with Crippen LogP contribution in [0.5, 0.6) is 0 Å². The molecular weight excluding hydrogens is 442 g/mol. The Balaban J connectivity index is 1.45. The molecule has 3 aliphatic rings. The fourth-order valence-electron chi connectivity index (χ4n) is 6.34. The predicted octanol–water partition coefficient (Wildman–Crippen LogP) is 3.65. The van der Waals surface area contributed by atoms with E-state index in [-0.39, 0.29) is 36.0 Å². The van der Waals surface area contributed by atoms with Crippen LogP contribution in [0.3, 0.4) is 0 Å². The van der Waals surface area contributed by atoms with Crippen molar-refractivity contribution in [3.63, 3.8) is 0 Å². The molecular formula is C28H43N3O4. The van der Waals surface area contributed by atoms with E-state index >= 15 is 0 Å². The van der Waals surface area contributed by atoms with Crippen LogP contribution in [0, 0.1) is 5.92 Å². The molecule has 3 fully saturated rings. The van der Waals surface area contributed by atoms with Gasteiger partial charge in [-0.1, -0.05) is 36.8 Å². The Bertz CT molecular complexity index is 847. The summed E-state index contributed by atoms with van der Waals surface area (Å²) in [4.78, 5) is 32.7. The second kappa shape index (κ2) is 11.4. The predicted molar refractivity (Wildman–Crippen MR) is 136 cm³/mol. The van der Waals surface area contributed by atoms with Crippen LogP contribution in [0.4, 0.5) is 4.79 Å². The summed E-state index contributed by atoms with van der Waals surface area (Å²) >= 11 is 0. The lowest BCUT2D eigenvalue weighted by Gasteiger charge is -2.51. The lowest BCUT2D eigenvalue weighted by atomic mass is 9.68. The molecule has 7 nitrogen and oxygen atoms in total. The topological polar surface area (TPSA) is 73.3 Å². The molecule has 194 valence electrons. The lowest BCUT2D eigenvalue weighted by Crippen LogP contribution is -2.56. The van der Waals surface area contributed by atoms with Crippen molar-refractivity contribution in [2.45, 2.75) is 68.9 Å². The molecule has 0 aromatic heterocycles. The molecule has 1 aromatic carbocycles. The maximum atomic E-state index is 13.6. The average molecular weight is 486 g/mol. The second-order valence-corrected chi connectivity index (χ2v) is 11.0. The molecule has 0 unspecified atom stereocenters. The van der Waals surface area contributed by atoms with Gasteiger partial charge in [-0.25, -0.2) is 4.79 Å². The van der Waals surface area contributed by atoms with E-state index in [9.17, 15) is 9.59 Å². The minimum Gasteiger partial charge on any atom is -0.394 e. The van der Waals surface area contributed by atoms with Gasteiger partial charge in [-0.15, -0.1) is 0 Å². The number of aliphatic hydroxyl groups is 1. The maximum absolute atomic E-state index is 13.6. The first kappa shape index (κ1) is 26.1. The molecule has 2 aliphatic carbocycles. The van der Waals surface area contributed by atoms with Crippen LogP contribution in [0.15, 0.2) is 30.3 Å². The van der Waals surface area contributed by atoms with Crippen molar-refractivity contribution in [3.05, 3.63) is 35.9 Å². The number of carbonyl (C=O) groups is 2. The zero-order chi connectivity index (χ0) is 24.9. The van der Waals surface area contributed by atoms with Crippen LogP contribution >= 0.6 is 0 Å². The highest BCUT2D eigenvalue weighted by molar-refractivity contribution is 5.87. The van der Waals surface area contributed by atoms with E-state index < -0.39 is 0 Å². The Morgan fingerprint density at radius 1 is 1.11 bits per heavy atom. The van der Waals surface area contributed by atoms with Crippen molar-refractivity contribution in [2.75, 3.05) is 53.6 Å². The third-order valence-electron chi connectivity index (χ3n) is 8.75. The van der Waals surface area contributed by atoms with Gasteiger partial charge in [0.15, 0.2) is 5.78 Å². The monoisotopic (exact) mass is 485 g/mol. The number of ether oxygens (including phenoxy) is 1. The molecule has 1 aromatic rings. The first-order chi connectivity index (χ1) is 16.9. The zero-order valence-electron chi connectivity index (χ0n) is 21.6. The normalized spacial score (nSPS) is 27.1. The molecule has 1 saturated heterocycles. The lowest BCUT2D eigenvalue weighted by molar-refractivity contribution is -0.120. The quantitative estimate of drug-likeness (QED) is 0.458. The summed E-state index contributed by atoms with van der Waals surface area (Å²) < 4.78 is 5.27. The number of Topliss-reactive ketones (excluding diaryl/α,β-unsaturated/α-hetero) is 1. The SMILES string of the molecule is CN(C)C1(c2ccccc2)CCC2(CC1)CN(CC(=O)CCCOCCO)C(=O)N2CC1CCC1. The highest BCUT2D eigenvalue weighted by Gasteiger charge is 2.55. The van der Waals surface area contributed by atoms with Gasteiger partial charge < -0.3 is 19.6 Å². The van der Waals surface area contributed by atoms with Crippen molar-refractivity contribution in [2.24, 2.45) is 5.92 Å². The number of hydrogen-bond acceptors (Lipinski definition) is 5. The molecule has 2 saturated carbocycles. The number of urea groups is 1. The number of rotatable bonds is 12. The molecule has 1 spiro atoms. The van der Waals surface area contributed by atoms with E-state index in [1.165, 1.54) is 24.8 Å². The molecule has 1 aliphatic heterocycles. The van der Waals surface area contributed by atoms with Gasteiger partial charge in [0, 0.05) is 31.7 Å². The smallest absolute Gasteiger partial charge is 0.321 e. The molecule has 0 atom stereocenters. The van der Waals surface area contributed by atoms with Crippen LogP contribution in [-0.2, 0) is 15.1 Å². The molecule has 35 heavy (non-hydrogen) atoms. The van der Waals surface area contributed by atoms with Gasteiger partial charge in [0.05, 0.1) is 25.3 Å². The van der Waals surface area contributed by atoms with Gasteiger partial charge >= 0.3 is 6.03 Å². The summed E-state index contributed by atoms with van der Waals surface area (Å²) in [5.74, 6) is 0.694. The largest absolute Gasteiger partial charge is 0.394 e.